The number of carbonyl (C=O) groups excluding carboxylic acids is 1. The van der Waals surface area contributed by atoms with Gasteiger partial charge in [-0.05, 0) is 53.6 Å². The SMILES string of the molecule is CCOc1ccc(/C=N\NC(=O)c2cc3c(ccc4ccccc43)o2)cc1OC. The summed E-state index contributed by atoms with van der Waals surface area (Å²) in [4.78, 5) is 12.4. The van der Waals surface area contributed by atoms with Gasteiger partial charge in [-0.3, -0.25) is 4.79 Å². The Balaban J connectivity index is 1.52. The van der Waals surface area contributed by atoms with Crippen molar-refractivity contribution in [1.82, 2.24) is 5.43 Å². The molecule has 3 aromatic carbocycles. The number of methoxy groups -OCH3 is 1. The van der Waals surface area contributed by atoms with Gasteiger partial charge in [0.25, 0.3) is 0 Å². The highest BCUT2D eigenvalue weighted by Crippen LogP contribution is 2.28. The number of nitrogens with one attached hydrogen (secondary N) is 1. The Morgan fingerprint density at radius 1 is 1.07 bits per heavy atom. The summed E-state index contributed by atoms with van der Waals surface area (Å²) in [5, 5.41) is 7.05. The van der Waals surface area contributed by atoms with Gasteiger partial charge < -0.3 is 13.9 Å². The fourth-order valence-electron chi connectivity index (χ4n) is 3.16. The molecule has 0 aliphatic carbocycles. The van der Waals surface area contributed by atoms with Crippen LogP contribution in [0.4, 0.5) is 0 Å². The fraction of sp³-hybridized carbons (Fsp3) is 0.130. The molecule has 1 aromatic heterocycles. The number of hydrazone groups is 1. The van der Waals surface area contributed by atoms with Crippen LogP contribution in [0.3, 0.4) is 0 Å². The first-order chi connectivity index (χ1) is 14.2. The van der Waals surface area contributed by atoms with Gasteiger partial charge >= 0.3 is 5.91 Å². The summed E-state index contributed by atoms with van der Waals surface area (Å²) in [6.07, 6.45) is 1.54. The minimum atomic E-state index is -0.417. The predicted octanol–water partition coefficient (Wildman–Crippen LogP) is 4.76. The van der Waals surface area contributed by atoms with E-state index in [0.717, 1.165) is 21.7 Å². The molecule has 1 N–H and O–H groups in total. The zero-order valence-corrected chi connectivity index (χ0v) is 16.1. The van der Waals surface area contributed by atoms with Gasteiger partial charge in [0.1, 0.15) is 5.58 Å². The van der Waals surface area contributed by atoms with Gasteiger partial charge in [0.2, 0.25) is 0 Å². The Morgan fingerprint density at radius 2 is 1.93 bits per heavy atom. The van der Waals surface area contributed by atoms with Crippen molar-refractivity contribution < 1.29 is 18.7 Å². The zero-order valence-electron chi connectivity index (χ0n) is 16.1. The second-order valence-corrected chi connectivity index (χ2v) is 6.35. The number of rotatable bonds is 6. The zero-order chi connectivity index (χ0) is 20.2. The standard InChI is InChI=1S/C23H20N2O4/c1-3-28-20-10-8-15(12-21(20)27-2)14-24-25-23(26)22-13-18-17-7-5-4-6-16(17)9-11-19(18)29-22/h4-14H,3H2,1-2H3,(H,25,26)/b24-14-. The van der Waals surface area contributed by atoms with E-state index in [2.05, 4.69) is 10.5 Å². The van der Waals surface area contributed by atoms with Gasteiger partial charge in [0, 0.05) is 5.39 Å². The minimum Gasteiger partial charge on any atom is -0.493 e. The van der Waals surface area contributed by atoms with Crippen molar-refractivity contribution in [3.05, 3.63) is 72.0 Å². The second kappa shape index (κ2) is 8.06. The van der Waals surface area contributed by atoms with Crippen molar-refractivity contribution in [2.75, 3.05) is 13.7 Å². The highest BCUT2D eigenvalue weighted by molar-refractivity contribution is 6.08. The molecule has 0 atom stereocenters. The summed E-state index contributed by atoms with van der Waals surface area (Å²) in [5.41, 5.74) is 3.92. The third kappa shape index (κ3) is 3.78. The van der Waals surface area contributed by atoms with Crippen LogP contribution in [0, 0.1) is 0 Å². The summed E-state index contributed by atoms with van der Waals surface area (Å²) in [7, 11) is 1.58. The van der Waals surface area contributed by atoms with Crippen molar-refractivity contribution in [3.8, 4) is 11.5 Å². The molecule has 1 heterocycles. The van der Waals surface area contributed by atoms with Crippen LogP contribution in [0.25, 0.3) is 21.7 Å². The Morgan fingerprint density at radius 3 is 2.76 bits per heavy atom. The largest absolute Gasteiger partial charge is 0.493 e. The van der Waals surface area contributed by atoms with Crippen LogP contribution in [-0.2, 0) is 0 Å². The molecular weight excluding hydrogens is 368 g/mol. The van der Waals surface area contributed by atoms with E-state index in [1.54, 1.807) is 25.3 Å². The topological polar surface area (TPSA) is 73.1 Å². The Hall–Kier alpha value is -3.80. The molecule has 0 aliphatic heterocycles. The molecule has 0 saturated carbocycles. The van der Waals surface area contributed by atoms with Gasteiger partial charge in [0.15, 0.2) is 17.3 Å². The number of benzene rings is 3. The molecular formula is C23H20N2O4. The van der Waals surface area contributed by atoms with Crippen molar-refractivity contribution in [2.24, 2.45) is 5.10 Å². The molecule has 0 unspecified atom stereocenters. The first-order valence-electron chi connectivity index (χ1n) is 9.25. The first-order valence-corrected chi connectivity index (χ1v) is 9.25. The van der Waals surface area contributed by atoms with Gasteiger partial charge in [-0.15, -0.1) is 0 Å². The summed E-state index contributed by atoms with van der Waals surface area (Å²) in [5.74, 6) is 1.05. The van der Waals surface area contributed by atoms with Crippen LogP contribution in [0.1, 0.15) is 23.0 Å². The third-order valence-electron chi connectivity index (χ3n) is 4.52. The monoisotopic (exact) mass is 388 g/mol. The Labute approximate surface area is 167 Å². The maximum Gasteiger partial charge on any atom is 0.307 e. The Bertz CT molecular complexity index is 1210. The molecule has 0 fully saturated rings. The van der Waals surface area contributed by atoms with E-state index in [-0.39, 0.29) is 5.76 Å². The lowest BCUT2D eigenvalue weighted by Crippen LogP contribution is -2.16. The van der Waals surface area contributed by atoms with Crippen molar-refractivity contribution in [1.29, 1.82) is 0 Å². The molecule has 0 bridgehead atoms. The average molecular weight is 388 g/mol. The van der Waals surface area contributed by atoms with Crippen LogP contribution >= 0.6 is 0 Å². The smallest absolute Gasteiger partial charge is 0.307 e. The van der Waals surface area contributed by atoms with E-state index < -0.39 is 5.91 Å². The second-order valence-electron chi connectivity index (χ2n) is 6.35. The van der Waals surface area contributed by atoms with Gasteiger partial charge in [-0.1, -0.05) is 30.3 Å². The van der Waals surface area contributed by atoms with E-state index in [4.69, 9.17) is 13.9 Å². The maximum absolute atomic E-state index is 12.4. The highest BCUT2D eigenvalue weighted by Gasteiger charge is 2.13. The van der Waals surface area contributed by atoms with Gasteiger partial charge in [-0.25, -0.2) is 5.43 Å². The lowest BCUT2D eigenvalue weighted by atomic mass is 10.1. The molecule has 1 amide bonds. The summed E-state index contributed by atoms with van der Waals surface area (Å²) >= 11 is 0. The number of hydrogen-bond donors (Lipinski definition) is 1. The molecule has 4 rings (SSSR count). The number of amides is 1. The maximum atomic E-state index is 12.4. The fourth-order valence-corrected chi connectivity index (χ4v) is 3.16. The van der Waals surface area contributed by atoms with E-state index in [1.807, 2.05) is 49.4 Å². The van der Waals surface area contributed by atoms with Crippen LogP contribution in [-0.4, -0.2) is 25.8 Å². The molecule has 29 heavy (non-hydrogen) atoms. The number of ether oxygens (including phenoxy) is 2. The highest BCUT2D eigenvalue weighted by atomic mass is 16.5. The quantitative estimate of drug-likeness (QED) is 0.382. The third-order valence-corrected chi connectivity index (χ3v) is 4.52. The summed E-state index contributed by atoms with van der Waals surface area (Å²) in [6, 6.07) is 19.0. The van der Waals surface area contributed by atoms with Gasteiger partial charge in [-0.2, -0.15) is 5.10 Å². The van der Waals surface area contributed by atoms with Crippen LogP contribution in [0.2, 0.25) is 0 Å². The lowest BCUT2D eigenvalue weighted by Gasteiger charge is -2.09. The van der Waals surface area contributed by atoms with Crippen molar-refractivity contribution in [2.45, 2.75) is 6.92 Å². The Kier molecular flexibility index (Phi) is 5.16. The molecule has 0 radical (unpaired) electrons. The summed E-state index contributed by atoms with van der Waals surface area (Å²) < 4.78 is 16.5. The molecule has 6 nitrogen and oxygen atoms in total. The molecule has 0 spiro atoms. The predicted molar refractivity (Wildman–Crippen MR) is 113 cm³/mol. The molecule has 0 saturated heterocycles. The average Bonchev–Trinajstić information content (AvgIpc) is 3.20. The first kappa shape index (κ1) is 18.6. The number of fused-ring (bicyclic) bond motifs is 3. The molecule has 4 aromatic rings. The van der Waals surface area contributed by atoms with E-state index in [0.29, 0.717) is 23.7 Å². The van der Waals surface area contributed by atoms with Crippen LogP contribution < -0.4 is 14.9 Å². The van der Waals surface area contributed by atoms with E-state index >= 15 is 0 Å². The molecule has 146 valence electrons. The minimum absolute atomic E-state index is 0.206. The molecule has 0 aliphatic rings. The van der Waals surface area contributed by atoms with Gasteiger partial charge in [0.05, 0.1) is 19.9 Å². The van der Waals surface area contributed by atoms with Crippen molar-refractivity contribution >= 4 is 33.9 Å². The van der Waals surface area contributed by atoms with Crippen molar-refractivity contribution in [3.63, 3.8) is 0 Å². The van der Waals surface area contributed by atoms with Crippen LogP contribution in [0.5, 0.6) is 11.5 Å². The van der Waals surface area contributed by atoms with Crippen LogP contribution in [0.15, 0.2) is 70.2 Å². The number of furan rings is 1. The number of hydrogen-bond acceptors (Lipinski definition) is 5. The number of carbonyl (C=O) groups is 1. The lowest BCUT2D eigenvalue weighted by molar-refractivity contribution is 0.0929. The number of nitrogens with zero attached hydrogens (tertiary/aromatic N) is 1. The van der Waals surface area contributed by atoms with E-state index in [1.165, 1.54) is 6.21 Å². The van der Waals surface area contributed by atoms with E-state index in [9.17, 15) is 4.79 Å². The molecule has 6 heteroatoms. The normalized spacial score (nSPS) is 11.2. The summed E-state index contributed by atoms with van der Waals surface area (Å²) in [6.45, 7) is 2.46.